The minimum Gasteiger partial charge on any atom is -0.325 e. The fourth-order valence-electron chi connectivity index (χ4n) is 1.72. The van der Waals surface area contributed by atoms with Gasteiger partial charge in [-0.25, -0.2) is 4.98 Å². The summed E-state index contributed by atoms with van der Waals surface area (Å²) in [6.07, 6.45) is 0. The second-order valence-corrected chi connectivity index (χ2v) is 5.77. The number of aromatic nitrogens is 1. The zero-order valence-corrected chi connectivity index (χ0v) is 13.0. The lowest BCUT2D eigenvalue weighted by molar-refractivity contribution is -0.116. The van der Waals surface area contributed by atoms with Gasteiger partial charge < -0.3 is 10.2 Å². The molecular weight excluding hydrogens is 294 g/mol. The predicted octanol–water partition coefficient (Wildman–Crippen LogP) is 3.05. The van der Waals surface area contributed by atoms with Crippen LogP contribution in [0.15, 0.2) is 29.6 Å². The van der Waals surface area contributed by atoms with Crippen LogP contribution in [0, 0.1) is 0 Å². The van der Waals surface area contributed by atoms with Gasteiger partial charge in [0.25, 0.3) is 0 Å². The Kier molecular flexibility index (Phi) is 5.11. The van der Waals surface area contributed by atoms with Gasteiger partial charge in [0.2, 0.25) is 5.91 Å². The molecule has 1 aromatic carbocycles. The van der Waals surface area contributed by atoms with Crippen LogP contribution in [0.2, 0.25) is 0 Å². The molecule has 0 bridgehead atoms. The summed E-state index contributed by atoms with van der Waals surface area (Å²) in [5, 5.41) is 5.73. The second-order valence-electron chi connectivity index (χ2n) is 4.64. The van der Waals surface area contributed by atoms with Gasteiger partial charge in [-0.15, -0.1) is 22.9 Å². The Morgan fingerprint density at radius 2 is 2.25 bits per heavy atom. The summed E-state index contributed by atoms with van der Waals surface area (Å²) in [4.78, 5) is 18.0. The normalized spacial score (nSPS) is 10.8. The molecule has 2 rings (SSSR count). The number of rotatable bonds is 5. The van der Waals surface area contributed by atoms with Crippen LogP contribution in [0.5, 0.6) is 0 Å². The van der Waals surface area contributed by atoms with Crippen LogP contribution in [0.25, 0.3) is 10.6 Å². The summed E-state index contributed by atoms with van der Waals surface area (Å²) in [7, 11) is 3.72. The molecule has 1 aromatic heterocycles. The Morgan fingerprint density at radius 1 is 1.45 bits per heavy atom. The molecule has 0 saturated heterocycles. The van der Waals surface area contributed by atoms with Crippen molar-refractivity contribution in [3.63, 3.8) is 0 Å². The molecule has 4 nitrogen and oxygen atoms in total. The van der Waals surface area contributed by atoms with Crippen LogP contribution in [0.4, 0.5) is 5.69 Å². The lowest BCUT2D eigenvalue weighted by Crippen LogP contribution is -2.27. The number of hydrogen-bond donors (Lipinski definition) is 1. The lowest BCUT2D eigenvalue weighted by atomic mass is 10.2. The van der Waals surface area contributed by atoms with Crippen molar-refractivity contribution in [3.8, 4) is 10.6 Å². The molecule has 1 heterocycles. The van der Waals surface area contributed by atoms with E-state index in [4.69, 9.17) is 11.6 Å². The molecule has 2 aromatic rings. The summed E-state index contributed by atoms with van der Waals surface area (Å²) < 4.78 is 0. The van der Waals surface area contributed by atoms with Crippen LogP contribution < -0.4 is 5.32 Å². The average molecular weight is 310 g/mol. The molecule has 20 heavy (non-hydrogen) atoms. The molecule has 0 fully saturated rings. The van der Waals surface area contributed by atoms with Crippen LogP contribution >= 0.6 is 22.9 Å². The molecule has 0 aliphatic carbocycles. The highest BCUT2D eigenvalue weighted by molar-refractivity contribution is 7.13. The summed E-state index contributed by atoms with van der Waals surface area (Å²) in [5.74, 6) is 0.378. The quantitative estimate of drug-likeness (QED) is 0.863. The third-order valence-electron chi connectivity index (χ3n) is 2.54. The molecule has 0 atom stereocenters. The smallest absolute Gasteiger partial charge is 0.238 e. The van der Waals surface area contributed by atoms with E-state index in [1.807, 2.05) is 48.6 Å². The van der Waals surface area contributed by atoms with Crippen molar-refractivity contribution in [2.75, 3.05) is 26.0 Å². The Bertz CT molecular complexity index is 598. The van der Waals surface area contributed by atoms with E-state index < -0.39 is 0 Å². The maximum Gasteiger partial charge on any atom is 0.238 e. The third kappa shape index (κ3) is 4.03. The van der Waals surface area contributed by atoms with Crippen molar-refractivity contribution in [2.45, 2.75) is 5.88 Å². The number of anilines is 1. The van der Waals surface area contributed by atoms with Gasteiger partial charge in [0.15, 0.2) is 0 Å². The van der Waals surface area contributed by atoms with Crippen molar-refractivity contribution in [3.05, 3.63) is 35.3 Å². The van der Waals surface area contributed by atoms with Crippen molar-refractivity contribution in [1.82, 2.24) is 9.88 Å². The van der Waals surface area contributed by atoms with Gasteiger partial charge in [-0.1, -0.05) is 12.1 Å². The van der Waals surface area contributed by atoms with Crippen molar-refractivity contribution in [1.29, 1.82) is 0 Å². The number of thiazole rings is 1. The monoisotopic (exact) mass is 309 g/mol. The number of carbonyl (C=O) groups is 1. The van der Waals surface area contributed by atoms with E-state index in [9.17, 15) is 4.79 Å². The number of hydrogen-bond acceptors (Lipinski definition) is 4. The summed E-state index contributed by atoms with van der Waals surface area (Å²) in [6, 6.07) is 7.67. The summed E-state index contributed by atoms with van der Waals surface area (Å²) >= 11 is 7.31. The molecule has 0 aliphatic rings. The Balaban J connectivity index is 2.13. The van der Waals surface area contributed by atoms with Crippen molar-refractivity contribution >= 4 is 34.5 Å². The van der Waals surface area contributed by atoms with Gasteiger partial charge >= 0.3 is 0 Å². The van der Waals surface area contributed by atoms with Crippen LogP contribution in [0.3, 0.4) is 0 Å². The van der Waals surface area contributed by atoms with Crippen molar-refractivity contribution < 1.29 is 4.79 Å². The maximum absolute atomic E-state index is 11.7. The number of nitrogens with one attached hydrogen (secondary N) is 1. The van der Waals surface area contributed by atoms with Crippen LogP contribution in [-0.4, -0.2) is 36.4 Å². The number of nitrogens with zero attached hydrogens (tertiary/aromatic N) is 2. The number of benzene rings is 1. The first kappa shape index (κ1) is 15.0. The molecule has 0 unspecified atom stereocenters. The van der Waals surface area contributed by atoms with Gasteiger partial charge in [0.05, 0.1) is 18.1 Å². The first-order chi connectivity index (χ1) is 9.58. The van der Waals surface area contributed by atoms with E-state index in [-0.39, 0.29) is 5.91 Å². The van der Waals surface area contributed by atoms with E-state index >= 15 is 0 Å². The Hall–Kier alpha value is -1.43. The van der Waals surface area contributed by atoms with Crippen LogP contribution in [-0.2, 0) is 10.7 Å². The van der Waals surface area contributed by atoms with Gasteiger partial charge in [0, 0.05) is 16.6 Å². The van der Waals surface area contributed by atoms with Gasteiger partial charge in [-0.05, 0) is 26.2 Å². The van der Waals surface area contributed by atoms with Gasteiger partial charge in [-0.3, -0.25) is 4.79 Å². The minimum absolute atomic E-state index is 0.0345. The van der Waals surface area contributed by atoms with Crippen LogP contribution in [0.1, 0.15) is 5.69 Å². The fraction of sp³-hybridized carbons (Fsp3) is 0.286. The second kappa shape index (κ2) is 6.83. The first-order valence-corrected chi connectivity index (χ1v) is 7.55. The number of alkyl halides is 1. The number of likely N-dealkylation sites (N-methyl/N-ethyl adjacent to an activating group) is 1. The number of amides is 1. The van der Waals surface area contributed by atoms with Crippen molar-refractivity contribution in [2.24, 2.45) is 0 Å². The average Bonchev–Trinajstić information content (AvgIpc) is 2.86. The number of halogens is 1. The van der Waals surface area contributed by atoms with E-state index in [0.29, 0.717) is 12.4 Å². The zero-order valence-electron chi connectivity index (χ0n) is 11.4. The molecular formula is C14H16ClN3OS. The molecule has 0 aliphatic heterocycles. The maximum atomic E-state index is 11.7. The number of carbonyl (C=O) groups excluding carboxylic acids is 1. The Morgan fingerprint density at radius 3 is 2.90 bits per heavy atom. The van der Waals surface area contributed by atoms with Gasteiger partial charge in [-0.2, -0.15) is 0 Å². The van der Waals surface area contributed by atoms with E-state index in [1.54, 1.807) is 11.3 Å². The first-order valence-electron chi connectivity index (χ1n) is 6.14. The molecule has 1 N–H and O–H groups in total. The third-order valence-corrected chi connectivity index (χ3v) is 3.76. The van der Waals surface area contributed by atoms with Gasteiger partial charge in [0.1, 0.15) is 5.01 Å². The molecule has 106 valence electrons. The fourth-order valence-corrected chi connectivity index (χ4v) is 2.76. The zero-order chi connectivity index (χ0) is 14.5. The van der Waals surface area contributed by atoms with E-state index in [0.717, 1.165) is 22.0 Å². The largest absolute Gasteiger partial charge is 0.325 e. The highest BCUT2D eigenvalue weighted by Gasteiger charge is 2.07. The molecule has 0 saturated carbocycles. The SMILES string of the molecule is CN(C)CC(=O)Nc1cccc(-c2nc(CCl)cs2)c1. The summed E-state index contributed by atoms with van der Waals surface area (Å²) in [5.41, 5.74) is 2.62. The standard InChI is InChI=1S/C14H16ClN3OS/c1-18(2)8-13(19)16-11-5-3-4-10(6-11)14-17-12(7-15)9-20-14/h3-6,9H,7-8H2,1-2H3,(H,16,19). The molecule has 1 amide bonds. The highest BCUT2D eigenvalue weighted by Crippen LogP contribution is 2.26. The molecule has 0 radical (unpaired) electrons. The lowest BCUT2D eigenvalue weighted by Gasteiger charge is -2.10. The van der Waals surface area contributed by atoms with E-state index in [1.165, 1.54) is 0 Å². The molecule has 6 heteroatoms. The highest BCUT2D eigenvalue weighted by atomic mass is 35.5. The summed E-state index contributed by atoms with van der Waals surface area (Å²) in [6.45, 7) is 0.359. The molecule has 0 spiro atoms. The Labute approximate surface area is 127 Å². The predicted molar refractivity (Wildman–Crippen MR) is 84.3 cm³/mol. The van der Waals surface area contributed by atoms with E-state index in [2.05, 4.69) is 10.3 Å². The topological polar surface area (TPSA) is 45.2 Å². The minimum atomic E-state index is -0.0345.